The predicted octanol–water partition coefficient (Wildman–Crippen LogP) is 3.01. The molecule has 1 aromatic heterocycles. The molecule has 0 unspecified atom stereocenters. The fourth-order valence-electron chi connectivity index (χ4n) is 2.68. The van der Waals surface area contributed by atoms with Crippen LogP contribution in [-0.4, -0.2) is 27.0 Å². The summed E-state index contributed by atoms with van der Waals surface area (Å²) in [5.74, 6) is -2.08. The molecule has 0 atom stereocenters. The van der Waals surface area contributed by atoms with Crippen LogP contribution in [0.2, 0.25) is 0 Å². The largest absolute Gasteiger partial charge is 0.507 e. The van der Waals surface area contributed by atoms with Crippen molar-refractivity contribution >= 4 is 28.8 Å². The normalized spacial score (nSPS) is 11.2. The highest BCUT2D eigenvalue weighted by Crippen LogP contribution is 2.22. The van der Waals surface area contributed by atoms with Gasteiger partial charge in [-0.05, 0) is 31.2 Å². The fourth-order valence-corrected chi connectivity index (χ4v) is 2.68. The van der Waals surface area contributed by atoms with E-state index >= 15 is 0 Å². The maximum atomic E-state index is 14.4. The molecule has 0 bridgehead atoms. The number of anilines is 1. The van der Waals surface area contributed by atoms with Gasteiger partial charge in [0.05, 0.1) is 17.4 Å². The number of nitrogens with zero attached hydrogens (tertiary/aromatic N) is 2. The third-order valence-corrected chi connectivity index (χ3v) is 4.07. The number of hydrogen-bond donors (Lipinski definition) is 3. The standard InChI is InChI=1S/C19H16FN3O4/c1-2-23-10-13(19(26)27)18(25)12-7-14(20)15(8-16(12)23)22-21-9-11-5-3-4-6-17(11)24/h3-10,22,24H,2H2,1H3,(H,26,27)/b21-9+. The lowest BCUT2D eigenvalue weighted by Gasteiger charge is -2.12. The first-order valence-electron chi connectivity index (χ1n) is 8.09. The second-order valence-corrected chi connectivity index (χ2v) is 5.74. The number of pyridine rings is 1. The van der Waals surface area contributed by atoms with E-state index in [0.717, 1.165) is 6.07 Å². The average molecular weight is 369 g/mol. The number of phenols is 1. The van der Waals surface area contributed by atoms with Crippen molar-refractivity contribution in [2.45, 2.75) is 13.5 Å². The van der Waals surface area contributed by atoms with Crippen LogP contribution < -0.4 is 10.9 Å². The van der Waals surface area contributed by atoms with Gasteiger partial charge in [-0.25, -0.2) is 9.18 Å². The molecule has 27 heavy (non-hydrogen) atoms. The van der Waals surface area contributed by atoms with Crippen LogP contribution in [0.4, 0.5) is 10.1 Å². The zero-order chi connectivity index (χ0) is 19.6. The van der Waals surface area contributed by atoms with E-state index < -0.39 is 22.8 Å². The molecular formula is C19H16FN3O4. The number of hydrogen-bond acceptors (Lipinski definition) is 5. The number of fused-ring (bicyclic) bond motifs is 1. The molecule has 0 spiro atoms. The summed E-state index contributed by atoms with van der Waals surface area (Å²) in [6.45, 7) is 2.17. The highest BCUT2D eigenvalue weighted by atomic mass is 19.1. The van der Waals surface area contributed by atoms with Gasteiger partial charge in [0.1, 0.15) is 17.1 Å². The second kappa shape index (κ2) is 7.28. The second-order valence-electron chi connectivity index (χ2n) is 5.74. The Hall–Kier alpha value is -3.68. The first kappa shape index (κ1) is 18.1. The Morgan fingerprint density at radius 1 is 1.33 bits per heavy atom. The molecule has 0 saturated heterocycles. The van der Waals surface area contributed by atoms with E-state index in [-0.39, 0.29) is 16.8 Å². The number of nitrogens with one attached hydrogen (secondary N) is 1. The average Bonchev–Trinajstić information content (AvgIpc) is 2.64. The Labute approximate surface area is 153 Å². The zero-order valence-electron chi connectivity index (χ0n) is 14.3. The monoisotopic (exact) mass is 369 g/mol. The summed E-state index contributed by atoms with van der Waals surface area (Å²) in [5.41, 5.74) is 2.22. The van der Waals surface area contributed by atoms with E-state index in [4.69, 9.17) is 5.11 Å². The van der Waals surface area contributed by atoms with Crippen LogP contribution in [0.25, 0.3) is 10.9 Å². The van der Waals surface area contributed by atoms with E-state index in [1.54, 1.807) is 29.7 Å². The number of aryl methyl sites for hydroxylation is 1. The number of hydrazone groups is 1. The van der Waals surface area contributed by atoms with Gasteiger partial charge in [-0.15, -0.1) is 0 Å². The summed E-state index contributed by atoms with van der Waals surface area (Å²) in [7, 11) is 0. The molecule has 138 valence electrons. The van der Waals surface area contributed by atoms with Gasteiger partial charge in [-0.1, -0.05) is 12.1 Å². The number of rotatable bonds is 5. The third kappa shape index (κ3) is 3.50. The van der Waals surface area contributed by atoms with Gasteiger partial charge in [0.25, 0.3) is 0 Å². The van der Waals surface area contributed by atoms with Crippen molar-refractivity contribution < 1.29 is 19.4 Å². The van der Waals surface area contributed by atoms with E-state index in [1.807, 2.05) is 0 Å². The van der Waals surface area contributed by atoms with Gasteiger partial charge in [-0.2, -0.15) is 5.10 Å². The number of carboxylic acids is 1. The number of aromatic nitrogens is 1. The Morgan fingerprint density at radius 3 is 2.74 bits per heavy atom. The van der Waals surface area contributed by atoms with Crippen LogP contribution >= 0.6 is 0 Å². The molecule has 0 fully saturated rings. The van der Waals surface area contributed by atoms with Crippen LogP contribution in [0, 0.1) is 5.82 Å². The predicted molar refractivity (Wildman–Crippen MR) is 100 cm³/mol. The lowest BCUT2D eigenvalue weighted by atomic mass is 10.1. The number of aromatic carboxylic acids is 1. The molecule has 3 rings (SSSR count). The molecule has 0 aliphatic carbocycles. The number of phenolic OH excluding ortho intramolecular Hbond substituents is 1. The minimum atomic E-state index is -1.36. The van der Waals surface area contributed by atoms with E-state index in [2.05, 4.69) is 10.5 Å². The van der Waals surface area contributed by atoms with Gasteiger partial charge < -0.3 is 14.8 Å². The summed E-state index contributed by atoms with van der Waals surface area (Å²) in [4.78, 5) is 23.5. The molecule has 0 amide bonds. The first-order valence-corrected chi connectivity index (χ1v) is 8.09. The van der Waals surface area contributed by atoms with Crippen molar-refractivity contribution in [3.63, 3.8) is 0 Å². The molecule has 0 saturated carbocycles. The number of halogens is 1. The van der Waals surface area contributed by atoms with Crippen LogP contribution in [0.3, 0.4) is 0 Å². The molecule has 3 N–H and O–H groups in total. The van der Waals surface area contributed by atoms with Crippen LogP contribution in [0.1, 0.15) is 22.8 Å². The molecule has 0 aliphatic rings. The molecule has 3 aromatic rings. The highest BCUT2D eigenvalue weighted by molar-refractivity contribution is 5.93. The smallest absolute Gasteiger partial charge is 0.341 e. The Balaban J connectivity index is 2.04. The maximum absolute atomic E-state index is 14.4. The van der Waals surface area contributed by atoms with Gasteiger partial charge in [-0.3, -0.25) is 10.2 Å². The lowest BCUT2D eigenvalue weighted by molar-refractivity contribution is 0.0695. The van der Waals surface area contributed by atoms with Gasteiger partial charge in [0, 0.05) is 23.7 Å². The van der Waals surface area contributed by atoms with Crippen molar-refractivity contribution in [1.29, 1.82) is 0 Å². The summed E-state index contributed by atoms with van der Waals surface area (Å²) in [6.07, 6.45) is 2.57. The molecule has 7 nitrogen and oxygen atoms in total. The van der Waals surface area contributed by atoms with Gasteiger partial charge >= 0.3 is 5.97 Å². The molecule has 0 aliphatic heterocycles. The minimum absolute atomic E-state index is 0.0128. The molecule has 0 radical (unpaired) electrons. The molecule has 2 aromatic carbocycles. The van der Waals surface area contributed by atoms with Crippen LogP contribution in [-0.2, 0) is 6.54 Å². The van der Waals surface area contributed by atoms with E-state index in [9.17, 15) is 19.1 Å². The SMILES string of the molecule is CCn1cc(C(=O)O)c(=O)c2cc(F)c(N/N=C/c3ccccc3O)cc21. The number of carboxylic acid groups (broad SMARTS) is 1. The lowest BCUT2D eigenvalue weighted by Crippen LogP contribution is -2.19. The fraction of sp³-hybridized carbons (Fsp3) is 0.105. The van der Waals surface area contributed by atoms with E-state index in [0.29, 0.717) is 17.6 Å². The Bertz CT molecular complexity index is 1120. The summed E-state index contributed by atoms with van der Waals surface area (Å²) < 4.78 is 15.9. The van der Waals surface area contributed by atoms with Gasteiger partial charge in [0.2, 0.25) is 5.43 Å². The van der Waals surface area contributed by atoms with E-state index in [1.165, 1.54) is 24.5 Å². The van der Waals surface area contributed by atoms with Crippen molar-refractivity contribution in [2.75, 3.05) is 5.43 Å². The maximum Gasteiger partial charge on any atom is 0.341 e. The van der Waals surface area contributed by atoms with Crippen LogP contribution in [0.15, 0.2) is 52.5 Å². The number of carbonyl (C=O) groups is 1. The zero-order valence-corrected chi connectivity index (χ0v) is 14.3. The van der Waals surface area contributed by atoms with Crippen molar-refractivity contribution in [3.05, 3.63) is 69.8 Å². The molecule has 8 heteroatoms. The van der Waals surface area contributed by atoms with Crippen molar-refractivity contribution in [3.8, 4) is 5.75 Å². The topological polar surface area (TPSA) is 104 Å². The summed E-state index contributed by atoms with van der Waals surface area (Å²) in [6, 6.07) is 8.91. The Kier molecular flexibility index (Phi) is 4.89. The van der Waals surface area contributed by atoms with Crippen LogP contribution in [0.5, 0.6) is 5.75 Å². The first-order chi connectivity index (χ1) is 12.9. The minimum Gasteiger partial charge on any atom is -0.507 e. The highest BCUT2D eigenvalue weighted by Gasteiger charge is 2.16. The summed E-state index contributed by atoms with van der Waals surface area (Å²) >= 11 is 0. The molecule has 1 heterocycles. The number of aromatic hydroxyl groups is 1. The number of benzene rings is 2. The summed E-state index contributed by atoms with van der Waals surface area (Å²) in [5, 5.41) is 22.7. The van der Waals surface area contributed by atoms with Crippen molar-refractivity contribution in [2.24, 2.45) is 5.10 Å². The molecular weight excluding hydrogens is 353 g/mol. The van der Waals surface area contributed by atoms with Gasteiger partial charge in [0.15, 0.2) is 0 Å². The third-order valence-electron chi connectivity index (χ3n) is 4.07. The van der Waals surface area contributed by atoms with Crippen molar-refractivity contribution in [1.82, 2.24) is 4.57 Å². The quantitative estimate of drug-likeness (QED) is 0.474. The Morgan fingerprint density at radius 2 is 2.07 bits per heavy atom. The number of para-hydroxylation sites is 1.